The maximum atomic E-state index is 13.4. The van der Waals surface area contributed by atoms with Gasteiger partial charge in [0, 0.05) is 17.3 Å². The van der Waals surface area contributed by atoms with Gasteiger partial charge >= 0.3 is 6.03 Å². The second-order valence-electron chi connectivity index (χ2n) is 4.14. The fourth-order valence-corrected chi connectivity index (χ4v) is 1.59. The molecule has 0 heterocycles. The second kappa shape index (κ2) is 6.00. The molecular formula is C14H11F2N3O2. The van der Waals surface area contributed by atoms with Crippen LogP contribution in [-0.2, 0) is 0 Å². The first-order valence-electron chi connectivity index (χ1n) is 5.88. The molecule has 5 nitrogen and oxygen atoms in total. The standard InChI is InChI=1S/C14H11F2N3O2/c15-9-3-6-12(11(16)7-9)19-14(21)18-10-4-1-8(2-5-10)13(17)20/h1-7H,(H2,17,20)(H2,18,19,21). The van der Waals surface area contributed by atoms with Crippen LogP contribution >= 0.6 is 0 Å². The summed E-state index contributed by atoms with van der Waals surface area (Å²) >= 11 is 0. The first-order valence-corrected chi connectivity index (χ1v) is 5.88. The summed E-state index contributed by atoms with van der Waals surface area (Å²) in [7, 11) is 0. The Morgan fingerprint density at radius 1 is 0.952 bits per heavy atom. The quantitative estimate of drug-likeness (QED) is 0.812. The Labute approximate surface area is 118 Å². The number of nitrogens with one attached hydrogen (secondary N) is 2. The van der Waals surface area contributed by atoms with Crippen molar-refractivity contribution in [3.63, 3.8) is 0 Å². The molecule has 2 aromatic rings. The summed E-state index contributed by atoms with van der Waals surface area (Å²) in [5.74, 6) is -2.20. The van der Waals surface area contributed by atoms with E-state index in [9.17, 15) is 18.4 Å². The van der Waals surface area contributed by atoms with E-state index in [1.807, 2.05) is 0 Å². The van der Waals surface area contributed by atoms with Crippen molar-refractivity contribution < 1.29 is 18.4 Å². The van der Waals surface area contributed by atoms with Gasteiger partial charge < -0.3 is 16.4 Å². The number of hydrogen-bond acceptors (Lipinski definition) is 2. The van der Waals surface area contributed by atoms with Gasteiger partial charge in [0.05, 0.1) is 5.69 Å². The normalized spacial score (nSPS) is 10.0. The van der Waals surface area contributed by atoms with Crippen molar-refractivity contribution in [3.05, 3.63) is 59.7 Å². The highest BCUT2D eigenvalue weighted by Gasteiger charge is 2.08. The third kappa shape index (κ3) is 3.75. The predicted octanol–water partition coefficient (Wildman–Crippen LogP) is 2.71. The van der Waals surface area contributed by atoms with Gasteiger partial charge in [-0.15, -0.1) is 0 Å². The molecule has 0 aliphatic carbocycles. The first kappa shape index (κ1) is 14.4. The Morgan fingerprint density at radius 2 is 1.62 bits per heavy atom. The molecule has 0 unspecified atom stereocenters. The zero-order valence-electron chi connectivity index (χ0n) is 10.7. The number of primary amides is 1. The molecule has 0 fully saturated rings. The molecule has 0 radical (unpaired) electrons. The van der Waals surface area contributed by atoms with Gasteiger partial charge in [0.25, 0.3) is 0 Å². The molecule has 0 saturated heterocycles. The summed E-state index contributed by atoms with van der Waals surface area (Å²) in [5, 5.41) is 4.68. The molecule has 0 bridgehead atoms. The number of amides is 3. The SMILES string of the molecule is NC(=O)c1ccc(NC(=O)Nc2ccc(F)cc2F)cc1. The lowest BCUT2D eigenvalue weighted by atomic mass is 10.2. The Kier molecular flexibility index (Phi) is 4.13. The summed E-state index contributed by atoms with van der Waals surface area (Å²) in [5.41, 5.74) is 5.62. The van der Waals surface area contributed by atoms with Gasteiger partial charge in [-0.2, -0.15) is 0 Å². The lowest BCUT2D eigenvalue weighted by Crippen LogP contribution is -2.20. The van der Waals surface area contributed by atoms with Crippen molar-refractivity contribution in [1.29, 1.82) is 0 Å². The van der Waals surface area contributed by atoms with Crippen molar-refractivity contribution in [3.8, 4) is 0 Å². The number of benzene rings is 2. The molecule has 0 aliphatic heterocycles. The molecule has 3 amide bonds. The van der Waals surface area contributed by atoms with Crippen LogP contribution in [0.1, 0.15) is 10.4 Å². The van der Waals surface area contributed by atoms with Crippen molar-refractivity contribution in [1.82, 2.24) is 0 Å². The monoisotopic (exact) mass is 291 g/mol. The molecule has 21 heavy (non-hydrogen) atoms. The summed E-state index contributed by atoms with van der Waals surface area (Å²) in [6, 6.07) is 7.93. The molecule has 0 spiro atoms. The first-order chi connectivity index (χ1) is 9.95. The molecule has 0 aromatic heterocycles. The van der Waals surface area contributed by atoms with Crippen molar-refractivity contribution >= 4 is 23.3 Å². The van der Waals surface area contributed by atoms with Gasteiger partial charge in [0.15, 0.2) is 0 Å². The molecule has 0 atom stereocenters. The van der Waals surface area contributed by atoms with Gasteiger partial charge in [0.2, 0.25) is 5.91 Å². The predicted molar refractivity (Wildman–Crippen MR) is 74.0 cm³/mol. The average Bonchev–Trinajstić information content (AvgIpc) is 2.42. The number of carbonyl (C=O) groups excluding carboxylic acids is 2. The van der Waals surface area contributed by atoms with Crippen molar-refractivity contribution in [2.24, 2.45) is 5.73 Å². The van der Waals surface area contributed by atoms with Gasteiger partial charge in [-0.25, -0.2) is 13.6 Å². The summed E-state index contributed by atoms with van der Waals surface area (Å²) in [4.78, 5) is 22.6. The smallest absolute Gasteiger partial charge is 0.323 e. The highest BCUT2D eigenvalue weighted by Crippen LogP contribution is 2.16. The van der Waals surface area contributed by atoms with Crippen molar-refractivity contribution in [2.75, 3.05) is 10.6 Å². The van der Waals surface area contributed by atoms with E-state index in [0.29, 0.717) is 17.3 Å². The van der Waals surface area contributed by atoms with Crippen molar-refractivity contribution in [2.45, 2.75) is 0 Å². The van der Waals surface area contributed by atoms with E-state index in [2.05, 4.69) is 10.6 Å². The lowest BCUT2D eigenvalue weighted by molar-refractivity contribution is 0.100. The van der Waals surface area contributed by atoms with Crippen LogP contribution < -0.4 is 16.4 Å². The number of halogens is 2. The fourth-order valence-electron chi connectivity index (χ4n) is 1.59. The Hall–Kier alpha value is -2.96. The highest BCUT2D eigenvalue weighted by molar-refractivity contribution is 6.00. The van der Waals surface area contributed by atoms with E-state index < -0.39 is 23.6 Å². The molecule has 4 N–H and O–H groups in total. The second-order valence-corrected chi connectivity index (χ2v) is 4.14. The number of carbonyl (C=O) groups is 2. The number of urea groups is 1. The van der Waals surface area contributed by atoms with Gasteiger partial charge in [-0.3, -0.25) is 4.79 Å². The third-order valence-corrected chi connectivity index (χ3v) is 2.61. The summed E-state index contributed by atoms with van der Waals surface area (Å²) < 4.78 is 26.1. The Morgan fingerprint density at radius 3 is 2.19 bits per heavy atom. The minimum Gasteiger partial charge on any atom is -0.366 e. The van der Waals surface area contributed by atoms with Crippen LogP contribution in [0.2, 0.25) is 0 Å². The van der Waals surface area contributed by atoms with Crippen LogP contribution in [0.4, 0.5) is 25.0 Å². The molecular weight excluding hydrogens is 280 g/mol. The Bertz CT molecular complexity index is 687. The molecule has 2 aromatic carbocycles. The maximum Gasteiger partial charge on any atom is 0.323 e. The molecule has 2 rings (SSSR count). The number of anilines is 2. The van der Waals surface area contributed by atoms with E-state index in [-0.39, 0.29) is 5.69 Å². The summed E-state index contributed by atoms with van der Waals surface area (Å²) in [6.07, 6.45) is 0. The zero-order chi connectivity index (χ0) is 15.4. The van der Waals surface area contributed by atoms with Gasteiger partial charge in [-0.05, 0) is 36.4 Å². The third-order valence-electron chi connectivity index (χ3n) is 2.61. The van der Waals surface area contributed by atoms with E-state index >= 15 is 0 Å². The van der Waals surface area contributed by atoms with Gasteiger partial charge in [-0.1, -0.05) is 0 Å². The van der Waals surface area contributed by atoms with E-state index in [4.69, 9.17) is 5.73 Å². The highest BCUT2D eigenvalue weighted by atomic mass is 19.1. The number of nitrogens with two attached hydrogens (primary N) is 1. The molecule has 108 valence electrons. The number of rotatable bonds is 3. The van der Waals surface area contributed by atoms with Gasteiger partial charge in [0.1, 0.15) is 11.6 Å². The zero-order valence-corrected chi connectivity index (χ0v) is 10.7. The molecule has 0 saturated carbocycles. The van der Waals surface area contributed by atoms with Crippen LogP contribution in [0, 0.1) is 11.6 Å². The number of hydrogen-bond donors (Lipinski definition) is 3. The van der Waals surface area contributed by atoms with Crippen LogP contribution in [0.15, 0.2) is 42.5 Å². The fraction of sp³-hybridized carbons (Fsp3) is 0. The Balaban J connectivity index is 2.02. The van der Waals surface area contributed by atoms with Crippen LogP contribution in [0.5, 0.6) is 0 Å². The minimum absolute atomic E-state index is 0.150. The molecule has 0 aliphatic rings. The minimum atomic E-state index is -0.880. The van der Waals surface area contributed by atoms with E-state index in [1.165, 1.54) is 24.3 Å². The van der Waals surface area contributed by atoms with E-state index in [1.54, 1.807) is 0 Å². The topological polar surface area (TPSA) is 84.2 Å². The maximum absolute atomic E-state index is 13.4. The van der Waals surface area contributed by atoms with E-state index in [0.717, 1.165) is 12.1 Å². The van der Waals surface area contributed by atoms with Crippen LogP contribution in [0.3, 0.4) is 0 Å². The van der Waals surface area contributed by atoms with Crippen LogP contribution in [-0.4, -0.2) is 11.9 Å². The van der Waals surface area contributed by atoms with Crippen LogP contribution in [0.25, 0.3) is 0 Å². The largest absolute Gasteiger partial charge is 0.366 e. The molecule has 7 heteroatoms. The lowest BCUT2D eigenvalue weighted by Gasteiger charge is -2.08. The summed E-state index contributed by atoms with van der Waals surface area (Å²) in [6.45, 7) is 0. The average molecular weight is 291 g/mol.